The summed E-state index contributed by atoms with van der Waals surface area (Å²) >= 11 is 0. The van der Waals surface area contributed by atoms with Crippen LogP contribution in [0, 0.1) is 11.8 Å². The molecule has 66 valence electrons. The van der Waals surface area contributed by atoms with Gasteiger partial charge in [-0.2, -0.15) is 0 Å². The molecule has 11 heavy (non-hydrogen) atoms. The van der Waals surface area contributed by atoms with Crippen LogP contribution >= 0.6 is 0 Å². The first-order chi connectivity index (χ1) is 5.14. The molecule has 0 amide bonds. The molecule has 0 spiro atoms. The molecule has 0 aromatic rings. The van der Waals surface area contributed by atoms with Crippen molar-refractivity contribution in [3.63, 3.8) is 0 Å². The van der Waals surface area contributed by atoms with Gasteiger partial charge in [-0.25, -0.2) is 0 Å². The lowest BCUT2D eigenvalue weighted by Gasteiger charge is -2.29. The van der Waals surface area contributed by atoms with Gasteiger partial charge in [0.1, 0.15) is 0 Å². The largest absolute Gasteiger partial charge is 0.396 e. The van der Waals surface area contributed by atoms with E-state index in [1.54, 1.807) is 0 Å². The second kappa shape index (κ2) is 3.11. The Morgan fingerprint density at radius 2 is 2.18 bits per heavy atom. The van der Waals surface area contributed by atoms with E-state index in [-0.39, 0.29) is 5.54 Å². The highest BCUT2D eigenvalue weighted by Gasteiger charge is 2.45. The number of hydrogen-bond donors (Lipinski definition) is 2. The fourth-order valence-electron chi connectivity index (χ4n) is 1.94. The van der Waals surface area contributed by atoms with Crippen molar-refractivity contribution in [2.24, 2.45) is 11.8 Å². The van der Waals surface area contributed by atoms with Crippen LogP contribution in [0.25, 0.3) is 0 Å². The molecule has 1 fully saturated rings. The van der Waals surface area contributed by atoms with Gasteiger partial charge < -0.3 is 10.4 Å². The molecule has 0 aliphatic heterocycles. The molecule has 3 atom stereocenters. The average Bonchev–Trinajstić information content (AvgIpc) is 2.68. The van der Waals surface area contributed by atoms with Crippen molar-refractivity contribution >= 4 is 0 Å². The molecule has 1 saturated carbocycles. The zero-order valence-electron chi connectivity index (χ0n) is 7.72. The first-order valence-electron chi connectivity index (χ1n) is 4.44. The molecule has 1 aliphatic carbocycles. The summed E-state index contributed by atoms with van der Waals surface area (Å²) in [6.07, 6.45) is 2.19. The zero-order chi connectivity index (χ0) is 8.48. The van der Waals surface area contributed by atoms with Gasteiger partial charge in [0.2, 0.25) is 0 Å². The van der Waals surface area contributed by atoms with E-state index in [0.29, 0.717) is 6.61 Å². The topological polar surface area (TPSA) is 32.3 Å². The van der Waals surface area contributed by atoms with Crippen molar-refractivity contribution in [3.05, 3.63) is 0 Å². The Kier molecular flexibility index (Phi) is 2.55. The predicted octanol–water partition coefficient (Wildman–Crippen LogP) is 1.00. The Labute approximate surface area is 69.0 Å². The molecule has 2 nitrogen and oxygen atoms in total. The number of rotatable bonds is 4. The second-order valence-corrected chi connectivity index (χ2v) is 3.96. The summed E-state index contributed by atoms with van der Waals surface area (Å²) in [4.78, 5) is 0. The highest BCUT2D eigenvalue weighted by molar-refractivity contribution is 5.00. The first-order valence-corrected chi connectivity index (χ1v) is 4.44. The van der Waals surface area contributed by atoms with Crippen molar-refractivity contribution in [2.75, 3.05) is 13.7 Å². The number of hydrogen-bond acceptors (Lipinski definition) is 2. The maximum atomic E-state index is 8.86. The number of aliphatic hydroxyl groups is 1. The third-order valence-corrected chi connectivity index (χ3v) is 3.13. The third kappa shape index (κ3) is 1.74. The van der Waals surface area contributed by atoms with E-state index < -0.39 is 0 Å². The summed E-state index contributed by atoms with van der Waals surface area (Å²) in [6, 6.07) is 0. The summed E-state index contributed by atoms with van der Waals surface area (Å²) in [5.74, 6) is 1.62. The Hall–Kier alpha value is -0.0800. The van der Waals surface area contributed by atoms with Crippen LogP contribution in [0.3, 0.4) is 0 Å². The lowest BCUT2D eigenvalue weighted by Crippen LogP contribution is -2.43. The minimum atomic E-state index is 0.175. The van der Waals surface area contributed by atoms with Gasteiger partial charge in [0.05, 0.1) is 0 Å². The fourth-order valence-corrected chi connectivity index (χ4v) is 1.94. The zero-order valence-corrected chi connectivity index (χ0v) is 7.72. The lowest BCUT2D eigenvalue weighted by atomic mass is 9.91. The molecular weight excluding hydrogens is 138 g/mol. The van der Waals surface area contributed by atoms with Crippen molar-refractivity contribution in [1.82, 2.24) is 5.32 Å². The van der Waals surface area contributed by atoms with Gasteiger partial charge in [0, 0.05) is 12.1 Å². The monoisotopic (exact) mass is 157 g/mol. The summed E-state index contributed by atoms with van der Waals surface area (Å²) in [5, 5.41) is 12.2. The van der Waals surface area contributed by atoms with Crippen molar-refractivity contribution in [1.29, 1.82) is 0 Å². The third-order valence-electron chi connectivity index (χ3n) is 3.13. The molecular formula is C9H19NO. The molecule has 2 N–H and O–H groups in total. The Balaban J connectivity index is 2.46. The normalized spacial score (nSPS) is 34.9. The van der Waals surface area contributed by atoms with E-state index >= 15 is 0 Å². The molecule has 0 bridgehead atoms. The van der Waals surface area contributed by atoms with E-state index in [1.807, 2.05) is 7.05 Å². The van der Waals surface area contributed by atoms with Crippen LogP contribution in [0.2, 0.25) is 0 Å². The molecule has 0 aromatic carbocycles. The van der Waals surface area contributed by atoms with Crippen LogP contribution in [-0.4, -0.2) is 24.3 Å². The first kappa shape index (κ1) is 9.01. The predicted molar refractivity (Wildman–Crippen MR) is 46.4 cm³/mol. The maximum absolute atomic E-state index is 8.86. The highest BCUT2D eigenvalue weighted by Crippen LogP contribution is 2.46. The molecule has 1 aliphatic rings. The van der Waals surface area contributed by atoms with Crippen LogP contribution in [-0.2, 0) is 0 Å². The minimum Gasteiger partial charge on any atom is -0.396 e. The smallest absolute Gasteiger partial charge is 0.0448 e. The van der Waals surface area contributed by atoms with Gasteiger partial charge >= 0.3 is 0 Å². The Morgan fingerprint density at radius 3 is 2.45 bits per heavy atom. The van der Waals surface area contributed by atoms with E-state index in [4.69, 9.17) is 5.11 Å². The van der Waals surface area contributed by atoms with Gasteiger partial charge in [0.15, 0.2) is 0 Å². The van der Waals surface area contributed by atoms with E-state index in [0.717, 1.165) is 18.3 Å². The van der Waals surface area contributed by atoms with E-state index in [1.165, 1.54) is 6.42 Å². The Morgan fingerprint density at radius 1 is 1.64 bits per heavy atom. The van der Waals surface area contributed by atoms with Crippen molar-refractivity contribution < 1.29 is 5.11 Å². The van der Waals surface area contributed by atoms with Gasteiger partial charge in [0.25, 0.3) is 0 Å². The SMILES string of the molecule is CNC(C)(CCO)C1CC1C. The maximum Gasteiger partial charge on any atom is 0.0448 e. The van der Waals surface area contributed by atoms with Crippen LogP contribution < -0.4 is 5.32 Å². The molecule has 0 heterocycles. The van der Waals surface area contributed by atoms with Crippen molar-refractivity contribution in [3.8, 4) is 0 Å². The standard InChI is InChI=1S/C9H19NO/c1-7-6-8(7)9(2,10-3)4-5-11/h7-8,10-11H,4-6H2,1-3H3. The van der Waals surface area contributed by atoms with Gasteiger partial charge in [-0.3, -0.25) is 0 Å². The number of nitrogens with one attached hydrogen (secondary N) is 1. The molecule has 0 aromatic heterocycles. The fraction of sp³-hybridized carbons (Fsp3) is 1.00. The second-order valence-electron chi connectivity index (χ2n) is 3.96. The molecule has 0 radical (unpaired) electrons. The summed E-state index contributed by atoms with van der Waals surface area (Å²) in [5.41, 5.74) is 0.175. The molecule has 2 heteroatoms. The summed E-state index contributed by atoms with van der Waals surface area (Å²) in [6.45, 7) is 4.77. The molecule has 1 rings (SSSR count). The highest BCUT2D eigenvalue weighted by atomic mass is 16.3. The molecule has 3 unspecified atom stereocenters. The van der Waals surface area contributed by atoms with Crippen LogP contribution in [0.1, 0.15) is 26.7 Å². The van der Waals surface area contributed by atoms with Crippen LogP contribution in [0.4, 0.5) is 0 Å². The number of aliphatic hydroxyl groups excluding tert-OH is 1. The van der Waals surface area contributed by atoms with E-state index in [2.05, 4.69) is 19.2 Å². The van der Waals surface area contributed by atoms with E-state index in [9.17, 15) is 0 Å². The lowest BCUT2D eigenvalue weighted by molar-refractivity contribution is 0.206. The molecule has 0 saturated heterocycles. The van der Waals surface area contributed by atoms with Crippen LogP contribution in [0.15, 0.2) is 0 Å². The Bertz CT molecular complexity index is 138. The summed E-state index contributed by atoms with van der Waals surface area (Å²) in [7, 11) is 1.99. The minimum absolute atomic E-state index is 0.175. The van der Waals surface area contributed by atoms with Crippen molar-refractivity contribution in [2.45, 2.75) is 32.2 Å². The van der Waals surface area contributed by atoms with Gasteiger partial charge in [-0.15, -0.1) is 0 Å². The van der Waals surface area contributed by atoms with Gasteiger partial charge in [-0.1, -0.05) is 6.92 Å². The van der Waals surface area contributed by atoms with Crippen LogP contribution in [0.5, 0.6) is 0 Å². The van der Waals surface area contributed by atoms with Gasteiger partial charge in [-0.05, 0) is 38.6 Å². The quantitative estimate of drug-likeness (QED) is 0.638. The average molecular weight is 157 g/mol. The summed E-state index contributed by atoms with van der Waals surface area (Å²) < 4.78 is 0.